The summed E-state index contributed by atoms with van der Waals surface area (Å²) in [5.41, 5.74) is 1.74. The van der Waals surface area contributed by atoms with Gasteiger partial charge in [-0.05, 0) is 50.0 Å². The lowest BCUT2D eigenvalue weighted by atomic mass is 9.80. The Labute approximate surface area is 108 Å². The van der Waals surface area contributed by atoms with Crippen molar-refractivity contribution in [1.29, 1.82) is 0 Å². The summed E-state index contributed by atoms with van der Waals surface area (Å²) in [5, 5.41) is 3.66. The molecule has 0 saturated carbocycles. The summed E-state index contributed by atoms with van der Waals surface area (Å²) in [5.74, 6) is 2.35. The lowest BCUT2D eigenvalue weighted by Gasteiger charge is -2.29. The molecule has 0 aromatic carbocycles. The lowest BCUT2D eigenvalue weighted by molar-refractivity contribution is 0.355. The molecular formula is C16H31N. The number of nitrogens with one attached hydrogen (secondary N) is 1. The Balaban J connectivity index is 2.50. The largest absolute Gasteiger partial charge is 0.316 e. The fourth-order valence-electron chi connectivity index (χ4n) is 2.71. The van der Waals surface area contributed by atoms with Crippen molar-refractivity contribution in [3.8, 4) is 0 Å². The molecule has 2 atom stereocenters. The minimum Gasteiger partial charge on any atom is -0.316 e. The highest BCUT2D eigenvalue weighted by molar-refractivity contribution is 5.11. The molecule has 1 N–H and O–H groups in total. The van der Waals surface area contributed by atoms with E-state index in [1.165, 1.54) is 38.6 Å². The van der Waals surface area contributed by atoms with E-state index in [2.05, 4.69) is 39.1 Å². The van der Waals surface area contributed by atoms with Gasteiger partial charge >= 0.3 is 0 Å². The van der Waals surface area contributed by atoms with E-state index in [1.807, 2.05) is 0 Å². The van der Waals surface area contributed by atoms with Gasteiger partial charge in [-0.3, -0.25) is 0 Å². The first-order valence-corrected chi connectivity index (χ1v) is 7.54. The highest BCUT2D eigenvalue weighted by atomic mass is 14.9. The predicted octanol–water partition coefficient (Wildman–Crippen LogP) is 4.39. The van der Waals surface area contributed by atoms with Crippen molar-refractivity contribution in [2.24, 2.45) is 17.8 Å². The Kier molecular flexibility index (Phi) is 6.87. The fraction of sp³-hybridized carbons (Fsp3) is 0.875. The molecule has 0 saturated heterocycles. The molecule has 1 nitrogen and oxygen atoms in total. The van der Waals surface area contributed by atoms with E-state index in [0.29, 0.717) is 0 Å². The first-order valence-electron chi connectivity index (χ1n) is 7.54. The summed E-state index contributed by atoms with van der Waals surface area (Å²) in [6.07, 6.45) is 9.28. The molecule has 0 spiro atoms. The van der Waals surface area contributed by atoms with Crippen LogP contribution in [0.1, 0.15) is 59.8 Å². The molecule has 0 fully saturated rings. The van der Waals surface area contributed by atoms with E-state index in [9.17, 15) is 0 Å². The molecule has 1 aliphatic rings. The third-order valence-electron chi connectivity index (χ3n) is 4.05. The minimum atomic E-state index is 0.757. The third kappa shape index (κ3) is 5.25. The molecule has 0 aromatic heterocycles. The molecule has 100 valence electrons. The van der Waals surface area contributed by atoms with E-state index < -0.39 is 0 Å². The quantitative estimate of drug-likeness (QED) is 0.647. The van der Waals surface area contributed by atoms with Crippen LogP contribution < -0.4 is 5.32 Å². The molecular weight excluding hydrogens is 206 g/mol. The maximum Gasteiger partial charge on any atom is 0.00195 e. The summed E-state index contributed by atoms with van der Waals surface area (Å²) in [7, 11) is 0. The minimum absolute atomic E-state index is 0.757. The van der Waals surface area contributed by atoms with Crippen molar-refractivity contribution < 1.29 is 0 Å². The third-order valence-corrected chi connectivity index (χ3v) is 4.05. The predicted molar refractivity (Wildman–Crippen MR) is 77.2 cm³/mol. The zero-order chi connectivity index (χ0) is 12.7. The number of allylic oxidation sites excluding steroid dienone is 1. The standard InChI is InChI=1S/C16H31N/c1-5-14(4)16(12-17-11-13(2)3)15-9-7-6-8-10-15/h9,13-14,16-17H,5-8,10-12H2,1-4H3. The maximum absolute atomic E-state index is 3.66. The van der Waals surface area contributed by atoms with Crippen molar-refractivity contribution in [2.75, 3.05) is 13.1 Å². The topological polar surface area (TPSA) is 12.0 Å². The van der Waals surface area contributed by atoms with Crippen LogP contribution in [0.3, 0.4) is 0 Å². The van der Waals surface area contributed by atoms with Gasteiger partial charge in [0.1, 0.15) is 0 Å². The average molecular weight is 237 g/mol. The van der Waals surface area contributed by atoms with Crippen molar-refractivity contribution in [2.45, 2.75) is 59.8 Å². The molecule has 0 amide bonds. The van der Waals surface area contributed by atoms with Gasteiger partial charge in [0.05, 0.1) is 0 Å². The van der Waals surface area contributed by atoms with Crippen LogP contribution in [-0.4, -0.2) is 13.1 Å². The van der Waals surface area contributed by atoms with Crippen molar-refractivity contribution >= 4 is 0 Å². The molecule has 0 bridgehead atoms. The average Bonchev–Trinajstić information content (AvgIpc) is 2.34. The fourth-order valence-corrected chi connectivity index (χ4v) is 2.71. The highest BCUT2D eigenvalue weighted by Gasteiger charge is 2.21. The summed E-state index contributed by atoms with van der Waals surface area (Å²) in [4.78, 5) is 0. The van der Waals surface area contributed by atoms with Crippen LogP contribution in [0.4, 0.5) is 0 Å². The van der Waals surface area contributed by atoms with Crippen LogP contribution >= 0.6 is 0 Å². The van der Waals surface area contributed by atoms with Gasteiger partial charge in [0.2, 0.25) is 0 Å². The summed E-state index contributed by atoms with van der Waals surface area (Å²) < 4.78 is 0. The van der Waals surface area contributed by atoms with Crippen LogP contribution in [0.15, 0.2) is 11.6 Å². The van der Waals surface area contributed by atoms with E-state index in [-0.39, 0.29) is 0 Å². The number of rotatable bonds is 7. The van der Waals surface area contributed by atoms with Crippen LogP contribution in [0.5, 0.6) is 0 Å². The zero-order valence-electron chi connectivity index (χ0n) is 12.3. The summed E-state index contributed by atoms with van der Waals surface area (Å²) in [6, 6.07) is 0. The van der Waals surface area contributed by atoms with Crippen LogP contribution in [0.25, 0.3) is 0 Å². The second kappa shape index (κ2) is 7.92. The highest BCUT2D eigenvalue weighted by Crippen LogP contribution is 2.30. The number of hydrogen-bond acceptors (Lipinski definition) is 1. The summed E-state index contributed by atoms with van der Waals surface area (Å²) in [6.45, 7) is 11.6. The Morgan fingerprint density at radius 3 is 2.47 bits per heavy atom. The zero-order valence-corrected chi connectivity index (χ0v) is 12.3. The molecule has 1 aliphatic carbocycles. The lowest BCUT2D eigenvalue weighted by Crippen LogP contribution is -2.31. The van der Waals surface area contributed by atoms with E-state index in [1.54, 1.807) is 5.57 Å². The van der Waals surface area contributed by atoms with Gasteiger partial charge in [-0.25, -0.2) is 0 Å². The SMILES string of the molecule is CCC(C)C(CNCC(C)C)C1=CCCCC1. The van der Waals surface area contributed by atoms with Crippen molar-refractivity contribution in [3.63, 3.8) is 0 Å². The van der Waals surface area contributed by atoms with E-state index in [4.69, 9.17) is 0 Å². The molecule has 2 unspecified atom stereocenters. The van der Waals surface area contributed by atoms with Gasteiger partial charge in [-0.2, -0.15) is 0 Å². The van der Waals surface area contributed by atoms with Crippen molar-refractivity contribution in [1.82, 2.24) is 5.32 Å². The van der Waals surface area contributed by atoms with Crippen LogP contribution in [0.2, 0.25) is 0 Å². The molecule has 0 aliphatic heterocycles. The first-order chi connectivity index (χ1) is 8.15. The van der Waals surface area contributed by atoms with Gasteiger partial charge in [-0.1, -0.05) is 45.8 Å². The Bertz CT molecular complexity index is 230. The first kappa shape index (κ1) is 14.8. The Hall–Kier alpha value is -0.300. The van der Waals surface area contributed by atoms with E-state index >= 15 is 0 Å². The van der Waals surface area contributed by atoms with Crippen molar-refractivity contribution in [3.05, 3.63) is 11.6 Å². The monoisotopic (exact) mass is 237 g/mol. The maximum atomic E-state index is 3.66. The molecule has 17 heavy (non-hydrogen) atoms. The van der Waals surface area contributed by atoms with E-state index in [0.717, 1.165) is 24.3 Å². The normalized spacial score (nSPS) is 20.2. The molecule has 0 heterocycles. The summed E-state index contributed by atoms with van der Waals surface area (Å²) >= 11 is 0. The smallest absolute Gasteiger partial charge is 0.00195 e. The molecule has 0 radical (unpaired) electrons. The van der Waals surface area contributed by atoms with Gasteiger partial charge in [0.15, 0.2) is 0 Å². The second-order valence-corrected chi connectivity index (χ2v) is 6.07. The molecule has 0 aromatic rings. The number of hydrogen-bond donors (Lipinski definition) is 1. The van der Waals surface area contributed by atoms with Crippen LogP contribution in [0, 0.1) is 17.8 Å². The van der Waals surface area contributed by atoms with Crippen LogP contribution in [-0.2, 0) is 0 Å². The Morgan fingerprint density at radius 2 is 1.94 bits per heavy atom. The van der Waals surface area contributed by atoms with Gasteiger partial charge < -0.3 is 5.32 Å². The molecule has 1 rings (SSSR count). The van der Waals surface area contributed by atoms with Gasteiger partial charge in [0.25, 0.3) is 0 Å². The van der Waals surface area contributed by atoms with Gasteiger partial charge in [-0.15, -0.1) is 0 Å². The molecule has 1 heteroatoms. The Morgan fingerprint density at radius 1 is 1.18 bits per heavy atom. The van der Waals surface area contributed by atoms with Gasteiger partial charge in [0, 0.05) is 6.54 Å². The second-order valence-electron chi connectivity index (χ2n) is 6.07.